The molecule has 5 nitrogen and oxygen atoms in total. The minimum absolute atomic E-state index is 0.0740. The number of hydrogen-bond donors (Lipinski definition) is 1. The van der Waals surface area contributed by atoms with E-state index in [1.54, 1.807) is 11.9 Å². The second kappa shape index (κ2) is 2.99. The molecule has 2 saturated heterocycles. The molecule has 1 atom stereocenters. The Balaban J connectivity index is 2.17. The van der Waals surface area contributed by atoms with Crippen LogP contribution in [0.3, 0.4) is 0 Å². The largest absolute Gasteiger partial charge is 0.326 e. The van der Waals surface area contributed by atoms with E-state index in [1.807, 2.05) is 0 Å². The van der Waals surface area contributed by atoms with Gasteiger partial charge in [0.2, 0.25) is 5.91 Å². The number of hydrogen-bond acceptors (Lipinski definition) is 3. The molecule has 2 heterocycles. The van der Waals surface area contributed by atoms with Crippen molar-refractivity contribution >= 4 is 11.9 Å². The number of carbonyl (C=O) groups is 2. The van der Waals surface area contributed by atoms with Gasteiger partial charge in [0.05, 0.1) is 6.04 Å². The highest BCUT2D eigenvalue weighted by Crippen LogP contribution is 2.16. The summed E-state index contributed by atoms with van der Waals surface area (Å²) in [6, 6.07) is -0.0762. The molecule has 13 heavy (non-hydrogen) atoms. The van der Waals surface area contributed by atoms with Crippen LogP contribution in [-0.4, -0.2) is 54.5 Å². The summed E-state index contributed by atoms with van der Waals surface area (Å²) in [7, 11) is 1.54. The predicted octanol–water partition coefficient (Wildman–Crippen LogP) is -0.758. The number of nitrogens with one attached hydrogen (secondary N) is 1. The standard InChI is InChI=1S/C8H13N3O2/c1-10-7(12)4-6-5-9-2-3-11(6)8(10)13/h6,9H,2-5H2,1H3/t6-/m0/s1. The molecule has 0 aromatic carbocycles. The van der Waals surface area contributed by atoms with Crippen LogP contribution in [0.5, 0.6) is 0 Å². The van der Waals surface area contributed by atoms with Crippen LogP contribution in [0, 0.1) is 0 Å². The molecule has 0 bridgehead atoms. The third-order valence-electron chi connectivity index (χ3n) is 2.67. The van der Waals surface area contributed by atoms with Gasteiger partial charge in [-0.2, -0.15) is 0 Å². The number of amides is 3. The number of rotatable bonds is 0. The average molecular weight is 183 g/mol. The maximum Gasteiger partial charge on any atom is 0.326 e. The number of carbonyl (C=O) groups excluding carboxylic acids is 2. The SMILES string of the molecule is CN1C(=O)C[C@H]2CNCCN2C1=O. The third-order valence-corrected chi connectivity index (χ3v) is 2.67. The van der Waals surface area contributed by atoms with Crippen molar-refractivity contribution in [3.8, 4) is 0 Å². The van der Waals surface area contributed by atoms with Crippen LogP contribution >= 0.6 is 0 Å². The lowest BCUT2D eigenvalue weighted by atomic mass is 10.1. The topological polar surface area (TPSA) is 52.7 Å². The summed E-state index contributed by atoms with van der Waals surface area (Å²) in [5.41, 5.74) is 0. The Hall–Kier alpha value is -1.10. The first kappa shape index (κ1) is 8.50. The van der Waals surface area contributed by atoms with Crippen LogP contribution in [0.25, 0.3) is 0 Å². The van der Waals surface area contributed by atoms with E-state index in [4.69, 9.17) is 0 Å². The van der Waals surface area contributed by atoms with Crippen molar-refractivity contribution in [1.82, 2.24) is 15.1 Å². The van der Waals surface area contributed by atoms with Gasteiger partial charge in [0, 0.05) is 33.1 Å². The highest BCUT2D eigenvalue weighted by atomic mass is 16.2. The van der Waals surface area contributed by atoms with E-state index in [1.165, 1.54) is 4.90 Å². The number of urea groups is 1. The van der Waals surface area contributed by atoms with Crippen molar-refractivity contribution in [2.24, 2.45) is 0 Å². The van der Waals surface area contributed by atoms with E-state index in [9.17, 15) is 9.59 Å². The fourth-order valence-corrected chi connectivity index (χ4v) is 1.83. The van der Waals surface area contributed by atoms with Gasteiger partial charge < -0.3 is 10.2 Å². The van der Waals surface area contributed by atoms with Gasteiger partial charge >= 0.3 is 6.03 Å². The summed E-state index contributed by atoms with van der Waals surface area (Å²) in [5.74, 6) is -0.0741. The first-order valence-electron chi connectivity index (χ1n) is 4.48. The van der Waals surface area contributed by atoms with Gasteiger partial charge in [-0.3, -0.25) is 9.69 Å². The van der Waals surface area contributed by atoms with Gasteiger partial charge in [-0.15, -0.1) is 0 Å². The van der Waals surface area contributed by atoms with Crippen molar-refractivity contribution in [2.75, 3.05) is 26.7 Å². The summed E-state index contributed by atoms with van der Waals surface area (Å²) >= 11 is 0. The van der Waals surface area contributed by atoms with Crippen LogP contribution in [-0.2, 0) is 4.79 Å². The Kier molecular flexibility index (Phi) is 1.95. The summed E-state index contributed by atoms with van der Waals surface area (Å²) in [6.07, 6.45) is 0.454. The summed E-state index contributed by atoms with van der Waals surface area (Å²) in [4.78, 5) is 25.9. The molecule has 0 aliphatic carbocycles. The zero-order valence-electron chi connectivity index (χ0n) is 7.62. The molecule has 2 fully saturated rings. The van der Waals surface area contributed by atoms with E-state index in [2.05, 4.69) is 5.32 Å². The lowest BCUT2D eigenvalue weighted by Gasteiger charge is -2.41. The Morgan fingerprint density at radius 3 is 3.00 bits per heavy atom. The molecule has 3 amide bonds. The molecular weight excluding hydrogens is 170 g/mol. The summed E-state index contributed by atoms with van der Waals surface area (Å²) < 4.78 is 0. The van der Waals surface area contributed by atoms with Gasteiger partial charge in [-0.1, -0.05) is 0 Å². The zero-order chi connectivity index (χ0) is 9.42. The Morgan fingerprint density at radius 2 is 2.23 bits per heavy atom. The average Bonchev–Trinajstić information content (AvgIpc) is 2.15. The smallest absolute Gasteiger partial charge is 0.318 e. The molecule has 0 aromatic rings. The zero-order valence-corrected chi connectivity index (χ0v) is 7.62. The molecule has 2 aliphatic rings. The maximum atomic E-state index is 11.6. The van der Waals surface area contributed by atoms with Crippen molar-refractivity contribution in [3.63, 3.8) is 0 Å². The van der Waals surface area contributed by atoms with Crippen molar-refractivity contribution < 1.29 is 9.59 Å². The van der Waals surface area contributed by atoms with Crippen molar-refractivity contribution in [1.29, 1.82) is 0 Å². The van der Waals surface area contributed by atoms with Crippen LogP contribution < -0.4 is 5.32 Å². The lowest BCUT2D eigenvalue weighted by molar-refractivity contribution is -0.131. The van der Waals surface area contributed by atoms with Gasteiger partial charge in [0.1, 0.15) is 0 Å². The van der Waals surface area contributed by atoms with Crippen molar-refractivity contribution in [3.05, 3.63) is 0 Å². The molecule has 72 valence electrons. The summed E-state index contributed by atoms with van der Waals surface area (Å²) in [5, 5.41) is 3.18. The van der Waals surface area contributed by atoms with Crippen LogP contribution in [0.4, 0.5) is 4.79 Å². The fourth-order valence-electron chi connectivity index (χ4n) is 1.83. The molecule has 1 N–H and O–H groups in total. The van der Waals surface area contributed by atoms with Crippen LogP contribution in [0.2, 0.25) is 0 Å². The predicted molar refractivity (Wildman–Crippen MR) is 46.1 cm³/mol. The number of piperazine rings is 1. The molecule has 0 unspecified atom stereocenters. The Labute approximate surface area is 76.7 Å². The van der Waals surface area contributed by atoms with Crippen molar-refractivity contribution in [2.45, 2.75) is 12.5 Å². The monoisotopic (exact) mass is 183 g/mol. The Morgan fingerprint density at radius 1 is 1.46 bits per heavy atom. The van der Waals surface area contributed by atoms with Gasteiger partial charge in [0.25, 0.3) is 0 Å². The van der Waals surface area contributed by atoms with Gasteiger partial charge in [0.15, 0.2) is 0 Å². The van der Waals surface area contributed by atoms with E-state index in [-0.39, 0.29) is 18.0 Å². The Bertz CT molecular complexity index is 254. The number of fused-ring (bicyclic) bond motifs is 1. The molecule has 2 aliphatic heterocycles. The highest BCUT2D eigenvalue weighted by Gasteiger charge is 2.37. The minimum atomic E-state index is -0.150. The molecule has 2 rings (SSSR count). The second-order valence-electron chi connectivity index (χ2n) is 3.49. The molecule has 0 radical (unpaired) electrons. The van der Waals surface area contributed by atoms with E-state index in [0.29, 0.717) is 13.0 Å². The quantitative estimate of drug-likeness (QED) is 0.537. The molecule has 5 heteroatoms. The van der Waals surface area contributed by atoms with Gasteiger partial charge in [-0.25, -0.2) is 4.79 Å². The van der Waals surface area contributed by atoms with Crippen LogP contribution in [0.1, 0.15) is 6.42 Å². The molecular formula is C8H13N3O2. The number of nitrogens with zero attached hydrogens (tertiary/aromatic N) is 2. The molecule has 0 spiro atoms. The highest BCUT2D eigenvalue weighted by molar-refractivity contribution is 5.97. The summed E-state index contributed by atoms with van der Waals surface area (Å²) in [6.45, 7) is 2.27. The van der Waals surface area contributed by atoms with E-state index >= 15 is 0 Å². The number of imide groups is 1. The first-order valence-corrected chi connectivity index (χ1v) is 4.48. The third kappa shape index (κ3) is 1.29. The fraction of sp³-hybridized carbons (Fsp3) is 0.750. The first-order chi connectivity index (χ1) is 6.20. The van der Waals surface area contributed by atoms with Gasteiger partial charge in [-0.05, 0) is 0 Å². The lowest BCUT2D eigenvalue weighted by Crippen LogP contribution is -2.62. The second-order valence-corrected chi connectivity index (χ2v) is 3.49. The van der Waals surface area contributed by atoms with E-state index in [0.717, 1.165) is 13.1 Å². The molecule has 0 aromatic heterocycles. The maximum absolute atomic E-state index is 11.6. The molecule has 0 saturated carbocycles. The minimum Gasteiger partial charge on any atom is -0.318 e. The van der Waals surface area contributed by atoms with Crippen LogP contribution in [0.15, 0.2) is 0 Å². The normalized spacial score (nSPS) is 29.2. The van der Waals surface area contributed by atoms with E-state index < -0.39 is 0 Å².